The molecule has 0 aliphatic heterocycles. The highest BCUT2D eigenvalue weighted by Gasteiger charge is 2.23. The minimum Gasteiger partial charge on any atom is -0.495 e. The number of pyridine rings is 1. The number of thiazole rings is 1. The number of fused-ring (bicyclic) bond motifs is 1. The number of rotatable bonds is 7. The zero-order valence-corrected chi connectivity index (χ0v) is 17.3. The Bertz CT molecular complexity index is 951. The highest BCUT2D eigenvalue weighted by molar-refractivity contribution is 8.14. The first kappa shape index (κ1) is 20.1. The molecule has 28 heavy (non-hydrogen) atoms. The molecule has 9 heteroatoms. The van der Waals surface area contributed by atoms with Crippen LogP contribution in [-0.2, 0) is 16.1 Å². The van der Waals surface area contributed by atoms with Crippen LogP contribution in [0, 0.1) is 0 Å². The Morgan fingerprint density at radius 3 is 2.54 bits per heavy atom. The van der Waals surface area contributed by atoms with Crippen molar-refractivity contribution in [3.05, 3.63) is 42.2 Å². The summed E-state index contributed by atoms with van der Waals surface area (Å²) in [5.41, 5.74) is 1.35. The smallest absolute Gasteiger partial charge is 0.239 e. The molecule has 0 fully saturated rings. The molecule has 0 saturated carbocycles. The van der Waals surface area contributed by atoms with E-state index in [1.807, 2.05) is 18.2 Å². The standard InChI is InChI=1S/C19H19N3O4S2/c1-12(23)27-11-16(24)22(10-13-6-4-5-9-20-13)19-21-17-14(25-2)7-8-15(26-3)18(17)28-19/h4-9H,10-11H2,1-3H3. The summed E-state index contributed by atoms with van der Waals surface area (Å²) >= 11 is 2.31. The van der Waals surface area contributed by atoms with Crippen molar-refractivity contribution >= 4 is 49.5 Å². The van der Waals surface area contributed by atoms with Gasteiger partial charge < -0.3 is 9.47 Å². The first-order valence-corrected chi connectivity index (χ1v) is 10.2. The number of ether oxygens (including phenoxy) is 2. The maximum absolute atomic E-state index is 12.9. The van der Waals surface area contributed by atoms with Crippen LogP contribution in [-0.4, -0.2) is 41.0 Å². The van der Waals surface area contributed by atoms with Crippen molar-refractivity contribution < 1.29 is 19.1 Å². The number of aromatic nitrogens is 2. The average molecular weight is 418 g/mol. The lowest BCUT2D eigenvalue weighted by Crippen LogP contribution is -2.32. The molecule has 0 aliphatic rings. The second-order valence-electron chi connectivity index (χ2n) is 5.73. The van der Waals surface area contributed by atoms with Crippen molar-refractivity contribution in [2.24, 2.45) is 0 Å². The van der Waals surface area contributed by atoms with Crippen LogP contribution >= 0.6 is 23.1 Å². The monoisotopic (exact) mass is 417 g/mol. The van der Waals surface area contributed by atoms with E-state index in [0.717, 1.165) is 22.2 Å². The molecule has 0 saturated heterocycles. The Morgan fingerprint density at radius 2 is 1.89 bits per heavy atom. The molecule has 0 radical (unpaired) electrons. The molecule has 2 aromatic heterocycles. The molecule has 1 aromatic carbocycles. The number of amides is 1. The van der Waals surface area contributed by atoms with Crippen molar-refractivity contribution in [1.82, 2.24) is 9.97 Å². The molecule has 0 spiro atoms. The van der Waals surface area contributed by atoms with Crippen molar-refractivity contribution in [2.45, 2.75) is 13.5 Å². The summed E-state index contributed by atoms with van der Waals surface area (Å²) in [5, 5.41) is 0.386. The van der Waals surface area contributed by atoms with Gasteiger partial charge in [-0.15, -0.1) is 0 Å². The molecule has 146 valence electrons. The molecule has 0 N–H and O–H groups in total. The minimum absolute atomic E-state index is 0.0341. The summed E-state index contributed by atoms with van der Waals surface area (Å²) in [4.78, 5) is 34.7. The summed E-state index contributed by atoms with van der Waals surface area (Å²) < 4.78 is 11.6. The predicted molar refractivity (Wildman–Crippen MR) is 111 cm³/mol. The Hall–Kier alpha value is -2.65. The molecule has 3 aromatic rings. The van der Waals surface area contributed by atoms with Gasteiger partial charge in [-0.2, -0.15) is 0 Å². The zero-order valence-electron chi connectivity index (χ0n) is 15.7. The Morgan fingerprint density at radius 1 is 1.14 bits per heavy atom. The molecule has 0 aliphatic carbocycles. The third kappa shape index (κ3) is 4.42. The van der Waals surface area contributed by atoms with Crippen LogP contribution in [0.3, 0.4) is 0 Å². The minimum atomic E-state index is -0.220. The third-order valence-electron chi connectivity index (χ3n) is 3.88. The van der Waals surface area contributed by atoms with Crippen LogP contribution < -0.4 is 14.4 Å². The first-order valence-electron chi connectivity index (χ1n) is 8.38. The molecule has 3 rings (SSSR count). The number of methoxy groups -OCH3 is 2. The molecule has 2 heterocycles. The lowest BCUT2D eigenvalue weighted by molar-refractivity contribution is -0.116. The second-order valence-corrected chi connectivity index (χ2v) is 7.86. The number of thioether (sulfide) groups is 1. The van der Waals surface area contributed by atoms with E-state index < -0.39 is 0 Å². The fourth-order valence-corrected chi connectivity index (χ4v) is 4.12. The number of nitrogens with zero attached hydrogens (tertiary/aromatic N) is 3. The maximum atomic E-state index is 12.9. The molecule has 7 nitrogen and oxygen atoms in total. The van der Waals surface area contributed by atoms with E-state index in [-0.39, 0.29) is 23.3 Å². The Kier molecular flexibility index (Phi) is 6.48. The number of hydrogen-bond acceptors (Lipinski definition) is 8. The first-order chi connectivity index (χ1) is 13.5. The summed E-state index contributed by atoms with van der Waals surface area (Å²) in [6, 6.07) is 9.10. The quantitative estimate of drug-likeness (QED) is 0.582. The van der Waals surface area contributed by atoms with Gasteiger partial charge in [0.05, 0.1) is 32.2 Å². The van der Waals surface area contributed by atoms with E-state index in [1.54, 1.807) is 37.4 Å². The van der Waals surface area contributed by atoms with Crippen molar-refractivity contribution in [3.8, 4) is 11.5 Å². The molecular weight excluding hydrogens is 398 g/mol. The molecule has 0 unspecified atom stereocenters. The van der Waals surface area contributed by atoms with E-state index in [1.165, 1.54) is 18.3 Å². The zero-order chi connectivity index (χ0) is 20.1. The topological polar surface area (TPSA) is 81.6 Å². The number of carbonyl (C=O) groups is 2. The fraction of sp³-hybridized carbons (Fsp3) is 0.263. The Balaban J connectivity index is 2.03. The number of anilines is 1. The summed E-state index contributed by atoms with van der Waals surface area (Å²) in [6.45, 7) is 1.69. The molecule has 1 amide bonds. The largest absolute Gasteiger partial charge is 0.495 e. The van der Waals surface area contributed by atoms with Crippen LogP contribution in [0.2, 0.25) is 0 Å². The van der Waals surface area contributed by atoms with Crippen molar-refractivity contribution in [3.63, 3.8) is 0 Å². The molecule has 0 bridgehead atoms. The van der Waals surface area contributed by atoms with Crippen molar-refractivity contribution in [1.29, 1.82) is 0 Å². The summed E-state index contributed by atoms with van der Waals surface area (Å²) in [5.74, 6) is 1.07. The van der Waals surface area contributed by atoms with Gasteiger partial charge in [0.15, 0.2) is 10.2 Å². The average Bonchev–Trinajstić information content (AvgIpc) is 3.15. The third-order valence-corrected chi connectivity index (χ3v) is 5.77. The Labute approximate surface area is 170 Å². The fourth-order valence-electron chi connectivity index (χ4n) is 2.55. The van der Waals surface area contributed by atoms with Gasteiger partial charge in [-0.25, -0.2) is 4.98 Å². The van der Waals surface area contributed by atoms with E-state index in [9.17, 15) is 9.59 Å². The number of hydrogen-bond donors (Lipinski definition) is 0. The van der Waals surface area contributed by atoms with E-state index in [0.29, 0.717) is 22.1 Å². The van der Waals surface area contributed by atoms with Crippen LogP contribution in [0.15, 0.2) is 36.5 Å². The second kappa shape index (κ2) is 9.03. The van der Waals surface area contributed by atoms with Gasteiger partial charge in [-0.3, -0.25) is 19.5 Å². The lowest BCUT2D eigenvalue weighted by atomic mass is 10.3. The van der Waals surface area contributed by atoms with Crippen LogP contribution in [0.1, 0.15) is 12.6 Å². The van der Waals surface area contributed by atoms with E-state index in [4.69, 9.17) is 9.47 Å². The molecular formula is C19H19N3O4S2. The summed E-state index contributed by atoms with van der Waals surface area (Å²) in [7, 11) is 3.15. The maximum Gasteiger partial charge on any atom is 0.239 e. The summed E-state index contributed by atoms with van der Waals surface area (Å²) in [6.07, 6.45) is 1.67. The van der Waals surface area contributed by atoms with Gasteiger partial charge in [0.2, 0.25) is 5.91 Å². The normalized spacial score (nSPS) is 10.7. The highest BCUT2D eigenvalue weighted by atomic mass is 32.2. The van der Waals surface area contributed by atoms with Gasteiger partial charge in [-0.1, -0.05) is 29.2 Å². The number of benzene rings is 1. The van der Waals surface area contributed by atoms with Gasteiger partial charge in [-0.05, 0) is 24.3 Å². The van der Waals surface area contributed by atoms with E-state index >= 15 is 0 Å². The predicted octanol–water partition coefficient (Wildman–Crippen LogP) is 3.52. The van der Waals surface area contributed by atoms with Crippen LogP contribution in [0.4, 0.5) is 5.13 Å². The lowest BCUT2D eigenvalue weighted by Gasteiger charge is -2.19. The molecule has 0 atom stereocenters. The SMILES string of the molecule is COc1ccc(OC)c2sc(N(Cc3ccccn3)C(=O)CSC(C)=O)nc12. The van der Waals surface area contributed by atoms with Gasteiger partial charge >= 0.3 is 0 Å². The van der Waals surface area contributed by atoms with Gasteiger partial charge in [0, 0.05) is 13.1 Å². The van der Waals surface area contributed by atoms with Crippen molar-refractivity contribution in [2.75, 3.05) is 24.9 Å². The van der Waals surface area contributed by atoms with Crippen LogP contribution in [0.5, 0.6) is 11.5 Å². The van der Waals surface area contributed by atoms with E-state index in [2.05, 4.69) is 9.97 Å². The van der Waals surface area contributed by atoms with Gasteiger partial charge in [0.1, 0.15) is 21.7 Å². The van der Waals surface area contributed by atoms with Gasteiger partial charge in [0.25, 0.3) is 0 Å². The highest BCUT2D eigenvalue weighted by Crippen LogP contribution is 2.40. The van der Waals surface area contributed by atoms with Crippen LogP contribution in [0.25, 0.3) is 10.2 Å². The number of carbonyl (C=O) groups excluding carboxylic acids is 2.